The maximum Gasteiger partial charge on any atom is 0.306 e. The van der Waals surface area contributed by atoms with Crippen LogP contribution >= 0.6 is 0 Å². The first-order chi connectivity index (χ1) is 7.27. The van der Waals surface area contributed by atoms with E-state index in [-0.39, 0.29) is 5.92 Å². The first-order valence-corrected chi connectivity index (χ1v) is 5.55. The molecule has 2 nitrogen and oxygen atoms in total. The quantitative estimate of drug-likeness (QED) is 0.804. The van der Waals surface area contributed by atoms with Crippen molar-refractivity contribution in [2.45, 2.75) is 31.6 Å². The van der Waals surface area contributed by atoms with Crippen LogP contribution in [0.1, 0.15) is 37.2 Å². The summed E-state index contributed by atoms with van der Waals surface area (Å²) in [7, 11) is 0. The first-order valence-electron chi connectivity index (χ1n) is 5.55. The van der Waals surface area contributed by atoms with Crippen LogP contribution in [-0.4, -0.2) is 11.1 Å². The highest BCUT2D eigenvalue weighted by Gasteiger charge is 2.27. The Hall–Kier alpha value is -1.31. The van der Waals surface area contributed by atoms with Crippen LogP contribution in [-0.2, 0) is 4.79 Å². The summed E-state index contributed by atoms with van der Waals surface area (Å²) in [4.78, 5) is 10.9. The molecule has 0 saturated heterocycles. The first kappa shape index (κ1) is 10.2. The summed E-state index contributed by atoms with van der Waals surface area (Å²) < 4.78 is 0. The molecule has 1 aliphatic rings. The minimum absolute atomic E-state index is 0.135. The van der Waals surface area contributed by atoms with Crippen molar-refractivity contribution in [3.8, 4) is 0 Å². The topological polar surface area (TPSA) is 37.3 Å². The smallest absolute Gasteiger partial charge is 0.306 e. The molecule has 0 amide bonds. The molecular weight excluding hydrogens is 188 g/mol. The molecule has 0 radical (unpaired) electrons. The maximum absolute atomic E-state index is 10.9. The lowest BCUT2D eigenvalue weighted by Gasteiger charge is -2.26. The van der Waals surface area contributed by atoms with Crippen molar-refractivity contribution in [2.75, 3.05) is 0 Å². The third-order valence-electron chi connectivity index (χ3n) is 3.29. The number of aliphatic carboxylic acids is 1. The number of rotatable bonds is 2. The highest BCUT2D eigenvalue weighted by Crippen LogP contribution is 2.35. The molecule has 1 aromatic carbocycles. The van der Waals surface area contributed by atoms with E-state index in [1.165, 1.54) is 5.56 Å². The summed E-state index contributed by atoms with van der Waals surface area (Å²) in [5.74, 6) is -0.319. The molecular formula is C13H16O2. The lowest BCUT2D eigenvalue weighted by atomic mass is 9.78. The standard InChI is InChI=1S/C13H16O2/c14-13(15)12-8-4-7-11(9-12)10-5-2-1-3-6-10/h1-3,5-6,11-12H,4,7-9H2,(H,14,15)/t11-,12+/m0/s1. The van der Waals surface area contributed by atoms with Crippen molar-refractivity contribution < 1.29 is 9.90 Å². The van der Waals surface area contributed by atoms with Gasteiger partial charge in [0, 0.05) is 0 Å². The van der Waals surface area contributed by atoms with Gasteiger partial charge in [-0.3, -0.25) is 4.79 Å². The SMILES string of the molecule is O=C(O)[C@@H]1CCC[C@H](c2ccccc2)C1. The summed E-state index contributed by atoms with van der Waals surface area (Å²) in [6.45, 7) is 0. The van der Waals surface area contributed by atoms with Crippen LogP contribution in [0.3, 0.4) is 0 Å². The molecule has 1 aromatic rings. The van der Waals surface area contributed by atoms with E-state index in [2.05, 4.69) is 12.1 Å². The molecule has 0 heterocycles. The van der Waals surface area contributed by atoms with Gasteiger partial charge in [-0.25, -0.2) is 0 Å². The van der Waals surface area contributed by atoms with E-state index in [0.29, 0.717) is 5.92 Å². The van der Waals surface area contributed by atoms with Crippen LogP contribution in [0.4, 0.5) is 0 Å². The van der Waals surface area contributed by atoms with E-state index >= 15 is 0 Å². The van der Waals surface area contributed by atoms with Gasteiger partial charge in [-0.15, -0.1) is 0 Å². The summed E-state index contributed by atoms with van der Waals surface area (Å²) in [5.41, 5.74) is 1.29. The van der Waals surface area contributed by atoms with Crippen molar-refractivity contribution in [1.82, 2.24) is 0 Å². The zero-order valence-corrected chi connectivity index (χ0v) is 8.73. The van der Waals surface area contributed by atoms with Crippen LogP contribution in [0.2, 0.25) is 0 Å². The third kappa shape index (κ3) is 2.38. The fourth-order valence-electron chi connectivity index (χ4n) is 2.44. The van der Waals surface area contributed by atoms with Gasteiger partial charge in [0.2, 0.25) is 0 Å². The van der Waals surface area contributed by atoms with Gasteiger partial charge in [0.05, 0.1) is 5.92 Å². The molecule has 2 atom stereocenters. The predicted molar refractivity (Wildman–Crippen MR) is 58.8 cm³/mol. The summed E-state index contributed by atoms with van der Waals surface area (Å²) in [6.07, 6.45) is 3.82. The molecule has 0 aromatic heterocycles. The zero-order valence-electron chi connectivity index (χ0n) is 8.73. The Morgan fingerprint density at radius 2 is 1.93 bits per heavy atom. The van der Waals surface area contributed by atoms with Crippen LogP contribution in [0, 0.1) is 5.92 Å². The summed E-state index contributed by atoms with van der Waals surface area (Å²) in [6, 6.07) is 10.3. The Balaban J connectivity index is 2.08. The summed E-state index contributed by atoms with van der Waals surface area (Å²) in [5, 5.41) is 9.00. The number of hydrogen-bond donors (Lipinski definition) is 1. The van der Waals surface area contributed by atoms with Crippen molar-refractivity contribution in [2.24, 2.45) is 5.92 Å². The van der Waals surface area contributed by atoms with Crippen molar-refractivity contribution in [3.05, 3.63) is 35.9 Å². The Morgan fingerprint density at radius 3 is 2.60 bits per heavy atom. The molecule has 0 unspecified atom stereocenters. The van der Waals surface area contributed by atoms with E-state index in [4.69, 9.17) is 5.11 Å². The van der Waals surface area contributed by atoms with Gasteiger partial charge in [0.15, 0.2) is 0 Å². The van der Waals surface area contributed by atoms with Gasteiger partial charge in [-0.05, 0) is 30.7 Å². The van der Waals surface area contributed by atoms with E-state index in [9.17, 15) is 4.79 Å². The minimum Gasteiger partial charge on any atom is -0.481 e. The average molecular weight is 204 g/mol. The number of carboxylic acid groups (broad SMARTS) is 1. The second-order valence-electron chi connectivity index (χ2n) is 4.31. The Morgan fingerprint density at radius 1 is 1.20 bits per heavy atom. The van der Waals surface area contributed by atoms with Crippen molar-refractivity contribution in [1.29, 1.82) is 0 Å². The molecule has 15 heavy (non-hydrogen) atoms. The fourth-order valence-corrected chi connectivity index (χ4v) is 2.44. The lowest BCUT2D eigenvalue weighted by Crippen LogP contribution is -2.21. The van der Waals surface area contributed by atoms with E-state index in [1.54, 1.807) is 0 Å². The number of carboxylic acids is 1. The van der Waals surface area contributed by atoms with E-state index in [0.717, 1.165) is 25.7 Å². The van der Waals surface area contributed by atoms with Gasteiger partial charge >= 0.3 is 5.97 Å². The molecule has 2 heteroatoms. The minimum atomic E-state index is -0.629. The van der Waals surface area contributed by atoms with Crippen molar-refractivity contribution in [3.63, 3.8) is 0 Å². The lowest BCUT2D eigenvalue weighted by molar-refractivity contribution is -0.142. The van der Waals surface area contributed by atoms with E-state index in [1.807, 2.05) is 18.2 Å². The van der Waals surface area contributed by atoms with Crippen LogP contribution < -0.4 is 0 Å². The van der Waals surface area contributed by atoms with Crippen LogP contribution in [0.15, 0.2) is 30.3 Å². The second kappa shape index (κ2) is 4.47. The fraction of sp³-hybridized carbons (Fsp3) is 0.462. The second-order valence-corrected chi connectivity index (χ2v) is 4.31. The zero-order chi connectivity index (χ0) is 10.7. The van der Waals surface area contributed by atoms with Gasteiger partial charge in [0.1, 0.15) is 0 Å². The predicted octanol–water partition coefficient (Wildman–Crippen LogP) is 3.05. The van der Waals surface area contributed by atoms with Crippen LogP contribution in [0.5, 0.6) is 0 Å². The molecule has 0 spiro atoms. The Kier molecular flexibility index (Phi) is 3.05. The number of benzene rings is 1. The molecule has 80 valence electrons. The highest BCUT2D eigenvalue weighted by atomic mass is 16.4. The normalized spacial score (nSPS) is 26.1. The van der Waals surface area contributed by atoms with Crippen molar-refractivity contribution >= 4 is 5.97 Å². The molecule has 2 rings (SSSR count). The number of hydrogen-bond acceptors (Lipinski definition) is 1. The summed E-state index contributed by atoms with van der Waals surface area (Å²) >= 11 is 0. The molecule has 0 bridgehead atoms. The Bertz CT molecular complexity index is 332. The maximum atomic E-state index is 10.9. The molecule has 1 fully saturated rings. The highest BCUT2D eigenvalue weighted by molar-refractivity contribution is 5.70. The molecule has 0 aliphatic heterocycles. The van der Waals surface area contributed by atoms with Gasteiger partial charge in [-0.2, -0.15) is 0 Å². The molecule has 1 saturated carbocycles. The Labute approximate surface area is 89.9 Å². The van der Waals surface area contributed by atoms with E-state index < -0.39 is 5.97 Å². The van der Waals surface area contributed by atoms with Gasteiger partial charge in [-0.1, -0.05) is 36.8 Å². The van der Waals surface area contributed by atoms with Gasteiger partial charge < -0.3 is 5.11 Å². The molecule has 1 aliphatic carbocycles. The number of carbonyl (C=O) groups is 1. The largest absolute Gasteiger partial charge is 0.481 e. The third-order valence-corrected chi connectivity index (χ3v) is 3.29. The molecule has 1 N–H and O–H groups in total. The average Bonchev–Trinajstić information content (AvgIpc) is 2.30. The monoisotopic (exact) mass is 204 g/mol. The van der Waals surface area contributed by atoms with Gasteiger partial charge in [0.25, 0.3) is 0 Å². The van der Waals surface area contributed by atoms with Crippen LogP contribution in [0.25, 0.3) is 0 Å².